The number of nitrogens with one attached hydrogen (secondary N) is 1. The van der Waals surface area contributed by atoms with E-state index >= 15 is 0 Å². The molecule has 1 unspecified atom stereocenters. The van der Waals surface area contributed by atoms with Crippen molar-refractivity contribution in [2.24, 2.45) is 7.05 Å². The van der Waals surface area contributed by atoms with E-state index in [9.17, 15) is 9.59 Å². The van der Waals surface area contributed by atoms with Crippen LogP contribution < -0.4 is 5.32 Å². The average Bonchev–Trinajstić information content (AvgIpc) is 2.81. The molecule has 0 aliphatic heterocycles. The first kappa shape index (κ1) is 15.9. The van der Waals surface area contributed by atoms with Crippen LogP contribution in [0.5, 0.6) is 0 Å². The van der Waals surface area contributed by atoms with E-state index in [-0.39, 0.29) is 0 Å². The maximum Gasteiger partial charge on any atom is 0.326 e. The molecule has 0 spiro atoms. The van der Waals surface area contributed by atoms with E-state index in [0.717, 1.165) is 5.56 Å². The van der Waals surface area contributed by atoms with Crippen LogP contribution in [-0.4, -0.2) is 46.5 Å². The number of aliphatic carboxylic acids is 1. The van der Waals surface area contributed by atoms with Gasteiger partial charge in [0.1, 0.15) is 6.04 Å². The zero-order chi connectivity index (χ0) is 15.0. The minimum atomic E-state index is -1.05. The largest absolute Gasteiger partial charge is 0.480 e. The Morgan fingerprint density at radius 2 is 2.35 bits per heavy atom. The van der Waals surface area contributed by atoms with Crippen molar-refractivity contribution in [2.75, 3.05) is 13.7 Å². The molecule has 0 bridgehead atoms. The Kier molecular flexibility index (Phi) is 6.45. The van der Waals surface area contributed by atoms with Crippen molar-refractivity contribution < 1.29 is 19.4 Å². The van der Waals surface area contributed by atoms with Gasteiger partial charge in [-0.1, -0.05) is 0 Å². The van der Waals surface area contributed by atoms with Crippen molar-refractivity contribution in [3.63, 3.8) is 0 Å². The average molecular weight is 281 g/mol. The van der Waals surface area contributed by atoms with Crippen molar-refractivity contribution in [1.82, 2.24) is 15.1 Å². The quantitative estimate of drug-likeness (QED) is 0.532. The van der Waals surface area contributed by atoms with Gasteiger partial charge in [-0.05, 0) is 18.9 Å². The number of carbonyl (C=O) groups is 2. The number of amides is 1. The summed E-state index contributed by atoms with van der Waals surface area (Å²) in [5.41, 5.74) is 0.772. The van der Waals surface area contributed by atoms with Crippen molar-refractivity contribution in [3.05, 3.63) is 24.0 Å². The smallest absolute Gasteiger partial charge is 0.326 e. The standard InChI is InChI=1S/C13H19N3O4/c1-16-9-10(8-14-16)5-6-12(17)15-11(13(18)19)4-3-7-20-2/h5-6,8-9,11H,3-4,7H2,1-2H3,(H,15,17)(H,18,19)/b6-5+. The van der Waals surface area contributed by atoms with Crippen LogP contribution in [0.15, 0.2) is 18.5 Å². The number of hydrogen-bond donors (Lipinski definition) is 2. The lowest BCUT2D eigenvalue weighted by Gasteiger charge is -2.12. The zero-order valence-electron chi connectivity index (χ0n) is 11.6. The minimum Gasteiger partial charge on any atom is -0.480 e. The van der Waals surface area contributed by atoms with Crippen LogP contribution in [-0.2, 0) is 21.4 Å². The highest BCUT2D eigenvalue weighted by Gasteiger charge is 2.18. The van der Waals surface area contributed by atoms with Crippen LogP contribution >= 0.6 is 0 Å². The molecule has 1 amide bonds. The van der Waals surface area contributed by atoms with Crippen LogP contribution in [0, 0.1) is 0 Å². The Hall–Kier alpha value is -2.15. The van der Waals surface area contributed by atoms with Gasteiger partial charge in [0.2, 0.25) is 5.91 Å². The monoisotopic (exact) mass is 281 g/mol. The lowest BCUT2D eigenvalue weighted by atomic mass is 10.1. The Morgan fingerprint density at radius 1 is 1.60 bits per heavy atom. The lowest BCUT2D eigenvalue weighted by Crippen LogP contribution is -2.40. The molecule has 2 N–H and O–H groups in total. The number of nitrogens with zero attached hydrogens (tertiary/aromatic N) is 2. The van der Waals surface area contributed by atoms with Gasteiger partial charge in [-0.15, -0.1) is 0 Å². The van der Waals surface area contributed by atoms with Gasteiger partial charge in [-0.3, -0.25) is 9.48 Å². The Balaban J connectivity index is 2.49. The number of carbonyl (C=O) groups excluding carboxylic acids is 1. The molecule has 1 heterocycles. The van der Waals surface area contributed by atoms with Gasteiger partial charge in [0.15, 0.2) is 0 Å². The fraction of sp³-hybridized carbons (Fsp3) is 0.462. The first-order chi connectivity index (χ1) is 9.52. The van der Waals surface area contributed by atoms with E-state index in [4.69, 9.17) is 9.84 Å². The summed E-state index contributed by atoms with van der Waals surface area (Å²) in [7, 11) is 3.32. The van der Waals surface area contributed by atoms with Crippen LogP contribution in [0.25, 0.3) is 6.08 Å². The van der Waals surface area contributed by atoms with E-state index in [1.807, 2.05) is 0 Å². The third kappa shape index (κ3) is 5.66. The number of rotatable bonds is 8. The molecule has 1 rings (SSSR count). The third-order valence-corrected chi connectivity index (χ3v) is 2.61. The van der Waals surface area contributed by atoms with Gasteiger partial charge >= 0.3 is 5.97 Å². The number of aryl methyl sites for hydroxylation is 1. The summed E-state index contributed by atoms with van der Waals surface area (Å²) in [5, 5.41) is 15.4. The summed E-state index contributed by atoms with van der Waals surface area (Å²) in [4.78, 5) is 22.7. The second-order valence-electron chi connectivity index (χ2n) is 4.32. The number of hydrogen-bond acceptors (Lipinski definition) is 4. The summed E-state index contributed by atoms with van der Waals surface area (Å²) in [6.45, 7) is 0.463. The second-order valence-corrected chi connectivity index (χ2v) is 4.32. The van der Waals surface area contributed by atoms with Gasteiger partial charge in [0, 0.05) is 38.6 Å². The first-order valence-electron chi connectivity index (χ1n) is 6.22. The maximum atomic E-state index is 11.7. The van der Waals surface area contributed by atoms with Gasteiger partial charge in [0.05, 0.1) is 6.20 Å². The molecule has 0 saturated heterocycles. The summed E-state index contributed by atoms with van der Waals surface area (Å²) in [5.74, 6) is -1.50. The number of carboxylic acid groups (broad SMARTS) is 1. The highest BCUT2D eigenvalue weighted by Crippen LogP contribution is 2.01. The van der Waals surface area contributed by atoms with E-state index in [2.05, 4.69) is 10.4 Å². The number of aromatic nitrogens is 2. The highest BCUT2D eigenvalue weighted by atomic mass is 16.5. The van der Waals surface area contributed by atoms with Crippen molar-refractivity contribution >= 4 is 18.0 Å². The van der Waals surface area contributed by atoms with Crippen LogP contribution in [0.2, 0.25) is 0 Å². The van der Waals surface area contributed by atoms with E-state index in [0.29, 0.717) is 19.4 Å². The first-order valence-corrected chi connectivity index (χ1v) is 6.22. The fourth-order valence-electron chi connectivity index (χ4n) is 1.61. The molecule has 0 aromatic carbocycles. The number of carboxylic acids is 1. The molecule has 7 heteroatoms. The van der Waals surface area contributed by atoms with Crippen LogP contribution in [0.4, 0.5) is 0 Å². The van der Waals surface area contributed by atoms with E-state index in [1.54, 1.807) is 37.3 Å². The Labute approximate surface area is 117 Å². The maximum absolute atomic E-state index is 11.7. The topological polar surface area (TPSA) is 93.5 Å². The summed E-state index contributed by atoms with van der Waals surface area (Å²) in [6.07, 6.45) is 7.13. The van der Waals surface area contributed by atoms with Gasteiger partial charge in [-0.25, -0.2) is 4.79 Å². The SMILES string of the molecule is COCCCC(NC(=O)/C=C/c1cnn(C)c1)C(=O)O. The zero-order valence-corrected chi connectivity index (χ0v) is 11.6. The predicted molar refractivity (Wildman–Crippen MR) is 72.9 cm³/mol. The lowest BCUT2D eigenvalue weighted by molar-refractivity contribution is -0.141. The van der Waals surface area contributed by atoms with Crippen LogP contribution in [0.1, 0.15) is 18.4 Å². The Bertz CT molecular complexity index is 482. The van der Waals surface area contributed by atoms with E-state index in [1.165, 1.54) is 6.08 Å². The minimum absolute atomic E-state index is 0.329. The molecule has 20 heavy (non-hydrogen) atoms. The van der Waals surface area contributed by atoms with Crippen molar-refractivity contribution in [3.8, 4) is 0 Å². The van der Waals surface area contributed by atoms with Gasteiger partial charge in [0.25, 0.3) is 0 Å². The summed E-state index contributed by atoms with van der Waals surface area (Å²) in [6, 6.07) is -0.906. The fourth-order valence-corrected chi connectivity index (χ4v) is 1.61. The molecule has 0 fully saturated rings. The molecule has 1 atom stereocenters. The molecule has 0 saturated carbocycles. The number of ether oxygens (including phenoxy) is 1. The highest BCUT2D eigenvalue weighted by molar-refractivity contribution is 5.94. The van der Waals surface area contributed by atoms with Crippen molar-refractivity contribution in [2.45, 2.75) is 18.9 Å². The molecule has 1 aromatic rings. The molecule has 7 nitrogen and oxygen atoms in total. The summed E-state index contributed by atoms with van der Waals surface area (Å²) >= 11 is 0. The molecule has 1 aromatic heterocycles. The molecular weight excluding hydrogens is 262 g/mol. The second kappa shape index (κ2) is 8.11. The van der Waals surface area contributed by atoms with E-state index < -0.39 is 17.9 Å². The molecular formula is C13H19N3O4. The molecule has 110 valence electrons. The van der Waals surface area contributed by atoms with Crippen LogP contribution in [0.3, 0.4) is 0 Å². The third-order valence-electron chi connectivity index (χ3n) is 2.61. The van der Waals surface area contributed by atoms with Crippen molar-refractivity contribution in [1.29, 1.82) is 0 Å². The van der Waals surface area contributed by atoms with Gasteiger partial charge < -0.3 is 15.2 Å². The molecule has 0 radical (unpaired) electrons. The summed E-state index contributed by atoms with van der Waals surface area (Å²) < 4.78 is 6.47. The number of methoxy groups -OCH3 is 1. The molecule has 0 aliphatic rings. The predicted octanol–water partition coefficient (Wildman–Crippen LogP) is 0.429. The molecule has 0 aliphatic carbocycles. The van der Waals surface area contributed by atoms with Gasteiger partial charge in [-0.2, -0.15) is 5.10 Å². The normalized spacial score (nSPS) is 12.5. The Morgan fingerprint density at radius 3 is 2.90 bits per heavy atom.